The van der Waals surface area contributed by atoms with E-state index in [0.29, 0.717) is 5.82 Å². The van der Waals surface area contributed by atoms with Crippen molar-refractivity contribution in [2.45, 2.75) is 46.1 Å². The van der Waals surface area contributed by atoms with Crippen LogP contribution < -0.4 is 5.32 Å². The maximum Gasteiger partial charge on any atom is 0.413 e. The number of hydrogen-bond acceptors (Lipinski definition) is 3. The molecule has 1 aromatic rings. The predicted octanol–water partition coefficient (Wildman–Crippen LogP) is 2.66. The maximum atomic E-state index is 11.3. The van der Waals surface area contributed by atoms with Crippen molar-refractivity contribution in [2.24, 2.45) is 0 Å². The van der Waals surface area contributed by atoms with Crippen LogP contribution in [0.4, 0.5) is 10.6 Å². The van der Waals surface area contributed by atoms with Gasteiger partial charge >= 0.3 is 6.09 Å². The molecule has 0 fully saturated rings. The van der Waals surface area contributed by atoms with Crippen LogP contribution >= 0.6 is 0 Å². The minimum absolute atomic E-state index is 0.0190. The molecule has 5 nitrogen and oxygen atoms in total. The normalized spacial score (nSPS) is 11.6. The first-order chi connectivity index (χ1) is 7.29. The van der Waals surface area contributed by atoms with E-state index in [-0.39, 0.29) is 11.5 Å². The number of nitrogens with one attached hydrogen (secondary N) is 2. The molecule has 0 spiro atoms. The molecule has 1 rings (SSSR count). The molecule has 1 heterocycles. The third-order valence-electron chi connectivity index (χ3n) is 1.96. The van der Waals surface area contributed by atoms with Crippen molar-refractivity contribution < 1.29 is 9.53 Å². The van der Waals surface area contributed by atoms with Crippen LogP contribution in [-0.4, -0.2) is 22.4 Å². The fourth-order valence-electron chi connectivity index (χ4n) is 1.12. The highest BCUT2D eigenvalue weighted by atomic mass is 16.6. The highest BCUT2D eigenvalue weighted by Crippen LogP contribution is 2.21. The molecule has 0 unspecified atom stereocenters. The van der Waals surface area contributed by atoms with Gasteiger partial charge in [-0.25, -0.2) is 4.79 Å². The topological polar surface area (TPSA) is 67.0 Å². The summed E-state index contributed by atoms with van der Waals surface area (Å²) in [5.41, 5.74) is 0.946. The molecule has 90 valence electrons. The summed E-state index contributed by atoms with van der Waals surface area (Å²) in [5.74, 6) is 0.482. The summed E-state index contributed by atoms with van der Waals surface area (Å²) < 4.78 is 4.95. The molecule has 0 aliphatic heterocycles. The molecule has 0 aliphatic carbocycles. The summed E-state index contributed by atoms with van der Waals surface area (Å²) in [6, 6.07) is 1.81. The Bertz CT molecular complexity index is 364. The first-order valence-corrected chi connectivity index (χ1v) is 5.32. The Morgan fingerprint density at radius 3 is 2.56 bits per heavy atom. The third-order valence-corrected chi connectivity index (χ3v) is 1.96. The molecule has 0 radical (unpaired) electrons. The minimum Gasteiger partial charge on any atom is -0.447 e. The smallest absolute Gasteiger partial charge is 0.413 e. The number of ether oxygens (including phenoxy) is 1. The number of anilines is 1. The standard InChI is InChI=1S/C11H19N3O2/c1-7(2)16-10(15)12-9-6-8(13-14-9)11(3,4)5/h6-7H,1-5H3,(H2,12,13,14,15). The van der Waals surface area contributed by atoms with E-state index in [9.17, 15) is 4.79 Å². The van der Waals surface area contributed by atoms with Crippen molar-refractivity contribution in [2.75, 3.05) is 5.32 Å². The summed E-state index contributed by atoms with van der Waals surface area (Å²) >= 11 is 0. The highest BCUT2D eigenvalue weighted by molar-refractivity contribution is 5.83. The second kappa shape index (κ2) is 4.55. The van der Waals surface area contributed by atoms with Crippen LogP contribution in [0, 0.1) is 0 Å². The van der Waals surface area contributed by atoms with E-state index >= 15 is 0 Å². The van der Waals surface area contributed by atoms with E-state index < -0.39 is 6.09 Å². The number of carbonyl (C=O) groups excluding carboxylic acids is 1. The summed E-state index contributed by atoms with van der Waals surface area (Å²) in [4.78, 5) is 11.3. The first kappa shape index (κ1) is 12.5. The summed E-state index contributed by atoms with van der Waals surface area (Å²) in [7, 11) is 0. The van der Waals surface area contributed by atoms with E-state index in [1.807, 2.05) is 6.07 Å². The molecule has 0 saturated heterocycles. The van der Waals surface area contributed by atoms with Crippen molar-refractivity contribution in [1.29, 1.82) is 0 Å². The van der Waals surface area contributed by atoms with Crippen molar-refractivity contribution in [3.05, 3.63) is 11.8 Å². The zero-order chi connectivity index (χ0) is 12.3. The van der Waals surface area contributed by atoms with Crippen LogP contribution in [0.3, 0.4) is 0 Å². The molecule has 5 heteroatoms. The maximum absolute atomic E-state index is 11.3. The van der Waals surface area contributed by atoms with Crippen LogP contribution in [0.1, 0.15) is 40.3 Å². The average molecular weight is 225 g/mol. The SMILES string of the molecule is CC(C)OC(=O)Nc1cc(C(C)(C)C)[nH]n1. The first-order valence-electron chi connectivity index (χ1n) is 5.32. The molecule has 0 saturated carbocycles. The van der Waals surface area contributed by atoms with Gasteiger partial charge in [-0.3, -0.25) is 10.4 Å². The lowest BCUT2D eigenvalue weighted by Crippen LogP contribution is -2.18. The Balaban J connectivity index is 2.62. The average Bonchev–Trinajstić information content (AvgIpc) is 2.49. The molecule has 0 aromatic carbocycles. The van der Waals surface area contributed by atoms with Crippen LogP contribution in [0.25, 0.3) is 0 Å². The Morgan fingerprint density at radius 1 is 1.50 bits per heavy atom. The number of rotatable bonds is 2. The molecular formula is C11H19N3O2. The van der Waals surface area contributed by atoms with Gasteiger partial charge in [-0.1, -0.05) is 20.8 Å². The Hall–Kier alpha value is -1.52. The van der Waals surface area contributed by atoms with Crippen LogP contribution in [-0.2, 0) is 10.2 Å². The molecule has 0 bridgehead atoms. The summed E-state index contributed by atoms with van der Waals surface area (Å²) in [6.45, 7) is 9.79. The van der Waals surface area contributed by atoms with Gasteiger partial charge in [0.1, 0.15) is 0 Å². The van der Waals surface area contributed by atoms with Gasteiger partial charge in [-0.05, 0) is 13.8 Å². The summed E-state index contributed by atoms with van der Waals surface area (Å²) in [5, 5.41) is 9.44. The lowest BCUT2D eigenvalue weighted by Gasteiger charge is -2.14. The van der Waals surface area contributed by atoms with E-state index in [1.54, 1.807) is 13.8 Å². The van der Waals surface area contributed by atoms with Crippen LogP contribution in [0.15, 0.2) is 6.07 Å². The van der Waals surface area contributed by atoms with E-state index in [4.69, 9.17) is 4.74 Å². The van der Waals surface area contributed by atoms with Crippen molar-refractivity contribution in [3.8, 4) is 0 Å². The minimum atomic E-state index is -0.484. The molecule has 0 atom stereocenters. The quantitative estimate of drug-likeness (QED) is 0.813. The van der Waals surface area contributed by atoms with Gasteiger partial charge in [-0.15, -0.1) is 0 Å². The largest absolute Gasteiger partial charge is 0.447 e. The molecular weight excluding hydrogens is 206 g/mol. The van der Waals surface area contributed by atoms with Crippen molar-refractivity contribution in [3.63, 3.8) is 0 Å². The number of aromatic amines is 1. The second-order valence-electron chi connectivity index (χ2n) is 5.00. The van der Waals surface area contributed by atoms with Gasteiger partial charge in [0, 0.05) is 17.2 Å². The molecule has 1 aromatic heterocycles. The van der Waals surface area contributed by atoms with Gasteiger partial charge in [0.2, 0.25) is 0 Å². The number of hydrogen-bond donors (Lipinski definition) is 2. The van der Waals surface area contributed by atoms with Gasteiger partial charge in [0.25, 0.3) is 0 Å². The lowest BCUT2D eigenvalue weighted by molar-refractivity contribution is 0.130. The number of aromatic nitrogens is 2. The predicted molar refractivity (Wildman–Crippen MR) is 62.5 cm³/mol. The Morgan fingerprint density at radius 2 is 2.12 bits per heavy atom. The molecule has 2 N–H and O–H groups in total. The lowest BCUT2D eigenvalue weighted by atomic mass is 9.92. The van der Waals surface area contributed by atoms with Crippen LogP contribution in [0.2, 0.25) is 0 Å². The van der Waals surface area contributed by atoms with E-state index in [1.165, 1.54) is 0 Å². The summed E-state index contributed by atoms with van der Waals surface area (Å²) in [6.07, 6.45) is -0.622. The van der Waals surface area contributed by atoms with Crippen molar-refractivity contribution in [1.82, 2.24) is 10.2 Å². The number of amides is 1. The van der Waals surface area contributed by atoms with Crippen LogP contribution in [0.5, 0.6) is 0 Å². The fraction of sp³-hybridized carbons (Fsp3) is 0.636. The molecule has 0 aliphatic rings. The van der Waals surface area contributed by atoms with Gasteiger partial charge in [0.15, 0.2) is 5.82 Å². The number of H-pyrrole nitrogens is 1. The van der Waals surface area contributed by atoms with Crippen molar-refractivity contribution >= 4 is 11.9 Å². The zero-order valence-corrected chi connectivity index (χ0v) is 10.4. The zero-order valence-electron chi connectivity index (χ0n) is 10.4. The second-order valence-corrected chi connectivity index (χ2v) is 5.00. The van der Waals surface area contributed by atoms with E-state index in [2.05, 4.69) is 36.3 Å². The van der Waals surface area contributed by atoms with Gasteiger partial charge in [-0.2, -0.15) is 5.10 Å². The highest BCUT2D eigenvalue weighted by Gasteiger charge is 2.17. The number of nitrogens with zero attached hydrogens (tertiary/aromatic N) is 1. The molecule has 16 heavy (non-hydrogen) atoms. The fourth-order valence-corrected chi connectivity index (χ4v) is 1.12. The number of carbonyl (C=O) groups is 1. The Kier molecular flexibility index (Phi) is 3.57. The Labute approximate surface area is 95.6 Å². The third kappa shape index (κ3) is 3.56. The van der Waals surface area contributed by atoms with E-state index in [0.717, 1.165) is 5.69 Å². The monoisotopic (exact) mass is 225 g/mol. The molecule has 1 amide bonds. The van der Waals surface area contributed by atoms with Gasteiger partial charge < -0.3 is 4.74 Å². The van der Waals surface area contributed by atoms with Gasteiger partial charge in [0.05, 0.1) is 6.10 Å².